The lowest BCUT2D eigenvalue weighted by Crippen LogP contribution is -2.33. The molecule has 0 spiro atoms. The van der Waals surface area contributed by atoms with Gasteiger partial charge in [0.2, 0.25) is 0 Å². The fourth-order valence-corrected chi connectivity index (χ4v) is 5.75. The van der Waals surface area contributed by atoms with Gasteiger partial charge in [0, 0.05) is 12.3 Å². The third kappa shape index (κ3) is 6.09. The molecule has 1 saturated carbocycles. The number of Topliss-reactive ketones (excluding diaryl/α,β-unsaturated/α-hetero) is 1. The molecule has 2 N–H and O–H groups in total. The summed E-state index contributed by atoms with van der Waals surface area (Å²) in [6.07, 6.45) is 8.45. The highest BCUT2D eigenvalue weighted by Crippen LogP contribution is 2.28. The van der Waals surface area contributed by atoms with Crippen molar-refractivity contribution in [3.8, 4) is 11.1 Å². The molecule has 1 atom stereocenters. The van der Waals surface area contributed by atoms with Gasteiger partial charge in [-0.05, 0) is 61.1 Å². The zero-order valence-corrected chi connectivity index (χ0v) is 23.4. The van der Waals surface area contributed by atoms with Crippen LogP contribution in [-0.2, 0) is 17.8 Å². The fraction of sp³-hybridized carbons (Fsp3) is 0.394. The van der Waals surface area contributed by atoms with Crippen LogP contribution in [0.4, 0.5) is 5.82 Å². The van der Waals surface area contributed by atoms with Crippen molar-refractivity contribution in [1.29, 1.82) is 0 Å². The number of benzene rings is 2. The number of hydrogen-bond acceptors (Lipinski definition) is 5. The van der Waals surface area contributed by atoms with Gasteiger partial charge >= 0.3 is 5.97 Å². The molecule has 1 aliphatic carbocycles. The van der Waals surface area contributed by atoms with E-state index in [0.29, 0.717) is 17.9 Å². The van der Waals surface area contributed by atoms with E-state index >= 15 is 0 Å². The van der Waals surface area contributed by atoms with Gasteiger partial charge in [-0.1, -0.05) is 75.1 Å². The zero-order chi connectivity index (χ0) is 28.1. The zero-order valence-electron chi connectivity index (χ0n) is 23.4. The Morgan fingerprint density at radius 3 is 2.48 bits per heavy atom. The Hall–Kier alpha value is -4.00. The van der Waals surface area contributed by atoms with Crippen LogP contribution in [0.3, 0.4) is 0 Å². The van der Waals surface area contributed by atoms with E-state index in [9.17, 15) is 14.7 Å². The summed E-state index contributed by atoms with van der Waals surface area (Å²) in [6.45, 7) is 4.71. The third-order valence-electron chi connectivity index (χ3n) is 7.99. The highest BCUT2D eigenvalue weighted by atomic mass is 16.4. The van der Waals surface area contributed by atoms with Gasteiger partial charge in [0.05, 0.1) is 18.2 Å². The second kappa shape index (κ2) is 12.5. The van der Waals surface area contributed by atoms with E-state index in [1.165, 1.54) is 6.42 Å². The van der Waals surface area contributed by atoms with E-state index < -0.39 is 5.97 Å². The maximum Gasteiger partial charge on any atom is 0.336 e. The molecule has 1 aliphatic rings. The van der Waals surface area contributed by atoms with Gasteiger partial charge in [0.15, 0.2) is 11.4 Å². The molecule has 2 aromatic heterocycles. The van der Waals surface area contributed by atoms with Crippen molar-refractivity contribution in [3.63, 3.8) is 0 Å². The SMILES string of the molecule is CCCCc1nc2ccc(NC(C)C(=O)C3CCCCC3)nc2n1Cc1ccc(-c2ccccc2C(=O)O)cc1. The van der Waals surface area contributed by atoms with Crippen LogP contribution in [0.5, 0.6) is 0 Å². The molecular formula is C33H38N4O3. The van der Waals surface area contributed by atoms with Gasteiger partial charge in [-0.3, -0.25) is 4.79 Å². The molecule has 2 aromatic carbocycles. The predicted molar refractivity (Wildman–Crippen MR) is 159 cm³/mol. The number of aryl methyl sites for hydroxylation is 1. The Labute approximate surface area is 235 Å². The summed E-state index contributed by atoms with van der Waals surface area (Å²) in [5.74, 6) is 1.18. The molecule has 0 amide bonds. The summed E-state index contributed by atoms with van der Waals surface area (Å²) in [4.78, 5) is 34.6. The number of anilines is 1. The molecule has 0 saturated heterocycles. The molecule has 0 bridgehead atoms. The number of aromatic nitrogens is 3. The lowest BCUT2D eigenvalue weighted by molar-refractivity contribution is -0.124. The van der Waals surface area contributed by atoms with Crippen LogP contribution in [0, 0.1) is 5.92 Å². The van der Waals surface area contributed by atoms with E-state index in [-0.39, 0.29) is 23.3 Å². The largest absolute Gasteiger partial charge is 0.478 e. The van der Waals surface area contributed by atoms with Gasteiger partial charge in [0.25, 0.3) is 0 Å². The maximum atomic E-state index is 13.0. The summed E-state index contributed by atoms with van der Waals surface area (Å²) >= 11 is 0. The number of nitrogens with zero attached hydrogens (tertiary/aromatic N) is 3. The minimum Gasteiger partial charge on any atom is -0.478 e. The van der Waals surface area contributed by atoms with Crippen LogP contribution in [0.2, 0.25) is 0 Å². The molecule has 0 aliphatic heterocycles. The molecule has 5 rings (SSSR count). The highest BCUT2D eigenvalue weighted by molar-refractivity contribution is 5.96. The van der Waals surface area contributed by atoms with E-state index in [0.717, 1.165) is 73.1 Å². The van der Waals surface area contributed by atoms with Crippen molar-refractivity contribution in [3.05, 3.63) is 77.6 Å². The van der Waals surface area contributed by atoms with E-state index in [2.05, 4.69) is 16.8 Å². The smallest absolute Gasteiger partial charge is 0.336 e. The Kier molecular flexibility index (Phi) is 8.58. The molecule has 4 aromatic rings. The van der Waals surface area contributed by atoms with Crippen molar-refractivity contribution in [1.82, 2.24) is 14.5 Å². The highest BCUT2D eigenvalue weighted by Gasteiger charge is 2.26. The third-order valence-corrected chi connectivity index (χ3v) is 7.99. The van der Waals surface area contributed by atoms with Gasteiger partial charge in [0.1, 0.15) is 17.2 Å². The molecule has 7 nitrogen and oxygen atoms in total. The molecular weight excluding hydrogens is 500 g/mol. The summed E-state index contributed by atoms with van der Waals surface area (Å²) < 4.78 is 2.17. The number of fused-ring (bicyclic) bond motifs is 1. The average Bonchev–Trinajstić information content (AvgIpc) is 3.32. The van der Waals surface area contributed by atoms with Crippen LogP contribution in [-0.4, -0.2) is 37.4 Å². The van der Waals surface area contributed by atoms with Crippen LogP contribution < -0.4 is 5.32 Å². The topological polar surface area (TPSA) is 97.1 Å². The van der Waals surface area contributed by atoms with Gasteiger partial charge in [-0.2, -0.15) is 0 Å². The number of ketones is 1. The average molecular weight is 539 g/mol. The number of carbonyl (C=O) groups excluding carboxylic acids is 1. The number of imidazole rings is 1. The number of pyridine rings is 1. The molecule has 2 heterocycles. The van der Waals surface area contributed by atoms with Crippen LogP contribution in [0.15, 0.2) is 60.7 Å². The molecule has 7 heteroatoms. The maximum absolute atomic E-state index is 13.0. The van der Waals surface area contributed by atoms with Crippen LogP contribution in [0.25, 0.3) is 22.3 Å². The Morgan fingerprint density at radius 2 is 1.75 bits per heavy atom. The first-order valence-electron chi connectivity index (χ1n) is 14.5. The predicted octanol–water partition coefficient (Wildman–Crippen LogP) is 7.14. The fourth-order valence-electron chi connectivity index (χ4n) is 5.75. The van der Waals surface area contributed by atoms with Gasteiger partial charge in [-0.25, -0.2) is 14.8 Å². The molecule has 208 valence electrons. The Morgan fingerprint density at radius 1 is 1.00 bits per heavy atom. The molecule has 0 radical (unpaired) electrons. The van der Waals surface area contributed by atoms with E-state index in [4.69, 9.17) is 9.97 Å². The number of carbonyl (C=O) groups is 2. The van der Waals surface area contributed by atoms with Crippen molar-refractivity contribution in [2.75, 3.05) is 5.32 Å². The Bertz CT molecular complexity index is 1490. The minimum absolute atomic E-state index is 0.150. The van der Waals surface area contributed by atoms with Crippen LogP contribution in [0.1, 0.15) is 80.5 Å². The number of nitrogens with one attached hydrogen (secondary N) is 1. The first-order chi connectivity index (χ1) is 19.4. The molecule has 40 heavy (non-hydrogen) atoms. The normalized spacial score (nSPS) is 14.8. The lowest BCUT2D eigenvalue weighted by atomic mass is 9.84. The van der Waals surface area contributed by atoms with E-state index in [1.807, 2.05) is 55.5 Å². The number of carboxylic acid groups (broad SMARTS) is 1. The second-order valence-electron chi connectivity index (χ2n) is 10.9. The number of hydrogen-bond donors (Lipinski definition) is 2. The van der Waals surface area contributed by atoms with Crippen molar-refractivity contribution < 1.29 is 14.7 Å². The van der Waals surface area contributed by atoms with Crippen LogP contribution >= 0.6 is 0 Å². The van der Waals surface area contributed by atoms with Crippen molar-refractivity contribution in [2.45, 2.75) is 77.8 Å². The van der Waals surface area contributed by atoms with Crippen molar-refractivity contribution >= 4 is 28.7 Å². The summed E-state index contributed by atoms with van der Waals surface area (Å²) in [5.41, 5.74) is 4.58. The molecule has 1 fully saturated rings. The summed E-state index contributed by atoms with van der Waals surface area (Å²) in [5, 5.41) is 13.0. The van der Waals surface area contributed by atoms with Gasteiger partial charge in [-0.15, -0.1) is 0 Å². The summed E-state index contributed by atoms with van der Waals surface area (Å²) in [7, 11) is 0. The Balaban J connectivity index is 1.41. The van der Waals surface area contributed by atoms with Gasteiger partial charge < -0.3 is 15.0 Å². The van der Waals surface area contributed by atoms with Crippen molar-refractivity contribution in [2.24, 2.45) is 5.92 Å². The number of unbranched alkanes of at least 4 members (excludes halogenated alkanes) is 1. The number of rotatable bonds is 11. The first-order valence-corrected chi connectivity index (χ1v) is 14.5. The molecule has 1 unspecified atom stereocenters. The lowest BCUT2D eigenvalue weighted by Gasteiger charge is -2.24. The summed E-state index contributed by atoms with van der Waals surface area (Å²) in [6, 6.07) is 18.7. The second-order valence-corrected chi connectivity index (χ2v) is 10.9. The standard InChI is InChI=1S/C33H38N4O3/c1-3-4-14-30-35-28-19-20-29(34-22(2)31(38)25-10-6-5-7-11-25)36-32(28)37(30)21-23-15-17-24(18-16-23)26-12-8-9-13-27(26)33(39)40/h8-9,12-13,15-20,22,25H,3-7,10-11,14,21H2,1-2H3,(H,34,36)(H,39,40). The number of carboxylic acids is 1. The first kappa shape index (κ1) is 27.6. The monoisotopic (exact) mass is 538 g/mol. The quantitative estimate of drug-likeness (QED) is 0.211. The minimum atomic E-state index is -0.935. The van der Waals surface area contributed by atoms with E-state index in [1.54, 1.807) is 12.1 Å². The number of aromatic carboxylic acids is 1.